The monoisotopic (exact) mass is 283 g/mol. The molecule has 3 rings (SSSR count). The molecule has 0 spiro atoms. The second-order valence-electron chi connectivity index (χ2n) is 4.28. The predicted octanol–water partition coefficient (Wildman–Crippen LogP) is 3.13. The standard InChI is InChI=1S/C15H10FN3O2/c16-11-5-3-10(4-6-11)13-8-14(21-19-13)15(20)18-12-2-1-7-17-9-12/h1-9H,(H,18,20). The van der Waals surface area contributed by atoms with Crippen LogP contribution in [-0.4, -0.2) is 16.0 Å². The molecule has 0 aliphatic carbocycles. The van der Waals surface area contributed by atoms with Crippen LogP contribution in [0.5, 0.6) is 0 Å². The van der Waals surface area contributed by atoms with Crippen LogP contribution in [0.15, 0.2) is 59.4 Å². The molecule has 0 aliphatic heterocycles. The first-order valence-electron chi connectivity index (χ1n) is 6.16. The molecule has 104 valence electrons. The van der Waals surface area contributed by atoms with Crippen molar-refractivity contribution in [3.05, 3.63) is 66.4 Å². The van der Waals surface area contributed by atoms with Crippen LogP contribution in [0.2, 0.25) is 0 Å². The van der Waals surface area contributed by atoms with Gasteiger partial charge in [-0.1, -0.05) is 5.16 Å². The molecule has 5 nitrogen and oxygen atoms in total. The van der Waals surface area contributed by atoms with Crippen molar-refractivity contribution in [3.63, 3.8) is 0 Å². The van der Waals surface area contributed by atoms with Gasteiger partial charge in [-0.2, -0.15) is 0 Å². The molecule has 0 aliphatic rings. The molecule has 0 saturated heterocycles. The van der Waals surface area contributed by atoms with E-state index in [1.165, 1.54) is 24.4 Å². The van der Waals surface area contributed by atoms with Gasteiger partial charge in [0.25, 0.3) is 5.91 Å². The first kappa shape index (κ1) is 13.0. The number of amides is 1. The smallest absolute Gasteiger partial charge is 0.294 e. The molecule has 0 bridgehead atoms. The minimum absolute atomic E-state index is 0.0678. The van der Waals surface area contributed by atoms with Gasteiger partial charge in [0.05, 0.1) is 11.9 Å². The van der Waals surface area contributed by atoms with Crippen molar-refractivity contribution in [1.29, 1.82) is 0 Å². The third-order valence-corrected chi connectivity index (χ3v) is 2.79. The van der Waals surface area contributed by atoms with Gasteiger partial charge in [-0.15, -0.1) is 0 Å². The van der Waals surface area contributed by atoms with Gasteiger partial charge in [-0.05, 0) is 36.4 Å². The quantitative estimate of drug-likeness (QED) is 0.801. The molecule has 0 saturated carbocycles. The summed E-state index contributed by atoms with van der Waals surface area (Å²) in [7, 11) is 0. The van der Waals surface area contributed by atoms with Gasteiger partial charge in [-0.25, -0.2) is 4.39 Å². The van der Waals surface area contributed by atoms with E-state index in [1.54, 1.807) is 30.5 Å². The number of carbonyl (C=O) groups excluding carboxylic acids is 1. The fourth-order valence-electron chi connectivity index (χ4n) is 1.77. The Hall–Kier alpha value is -3.02. The number of carbonyl (C=O) groups is 1. The van der Waals surface area contributed by atoms with Crippen LogP contribution in [-0.2, 0) is 0 Å². The van der Waals surface area contributed by atoms with Crippen molar-refractivity contribution in [1.82, 2.24) is 10.1 Å². The number of pyridine rings is 1. The molecule has 6 heteroatoms. The number of aromatic nitrogens is 2. The van der Waals surface area contributed by atoms with Gasteiger partial charge in [0, 0.05) is 17.8 Å². The Morgan fingerprint density at radius 1 is 1.19 bits per heavy atom. The molecule has 0 fully saturated rings. The molecular weight excluding hydrogens is 273 g/mol. The average molecular weight is 283 g/mol. The summed E-state index contributed by atoms with van der Waals surface area (Å²) in [5, 5.41) is 6.44. The Morgan fingerprint density at radius 3 is 2.71 bits per heavy atom. The average Bonchev–Trinajstić information content (AvgIpc) is 2.99. The Morgan fingerprint density at radius 2 is 2.00 bits per heavy atom. The predicted molar refractivity (Wildman–Crippen MR) is 74.1 cm³/mol. The second kappa shape index (κ2) is 5.54. The molecule has 0 radical (unpaired) electrons. The summed E-state index contributed by atoms with van der Waals surface area (Å²) in [5.41, 5.74) is 1.69. The number of nitrogens with one attached hydrogen (secondary N) is 1. The Labute approximate surface area is 119 Å². The molecule has 0 unspecified atom stereocenters. The molecule has 21 heavy (non-hydrogen) atoms. The highest BCUT2D eigenvalue weighted by molar-refractivity contribution is 6.02. The fourth-order valence-corrected chi connectivity index (χ4v) is 1.77. The molecular formula is C15H10FN3O2. The van der Waals surface area contributed by atoms with Crippen molar-refractivity contribution in [2.75, 3.05) is 5.32 Å². The van der Waals surface area contributed by atoms with Crippen LogP contribution in [0.4, 0.5) is 10.1 Å². The minimum Gasteiger partial charge on any atom is -0.350 e. The Kier molecular flexibility index (Phi) is 3.42. The summed E-state index contributed by atoms with van der Waals surface area (Å²) >= 11 is 0. The lowest BCUT2D eigenvalue weighted by molar-refractivity contribution is 0.0988. The molecule has 1 amide bonds. The highest BCUT2D eigenvalue weighted by atomic mass is 19.1. The molecule has 1 aromatic carbocycles. The summed E-state index contributed by atoms with van der Waals surface area (Å²) in [6, 6.07) is 10.7. The summed E-state index contributed by atoms with van der Waals surface area (Å²) in [6.07, 6.45) is 3.13. The first-order chi connectivity index (χ1) is 10.2. The summed E-state index contributed by atoms with van der Waals surface area (Å²) in [6.45, 7) is 0. The maximum absolute atomic E-state index is 12.9. The summed E-state index contributed by atoms with van der Waals surface area (Å²) in [5.74, 6) is -0.696. The normalized spacial score (nSPS) is 10.3. The first-order valence-corrected chi connectivity index (χ1v) is 6.16. The van der Waals surface area contributed by atoms with Crippen molar-refractivity contribution < 1.29 is 13.7 Å². The zero-order valence-electron chi connectivity index (χ0n) is 10.8. The number of benzene rings is 1. The molecule has 0 atom stereocenters. The van der Waals surface area contributed by atoms with E-state index in [1.807, 2.05) is 0 Å². The molecule has 2 aromatic heterocycles. The van der Waals surface area contributed by atoms with Gasteiger partial charge in [0.15, 0.2) is 0 Å². The van der Waals surface area contributed by atoms with E-state index in [9.17, 15) is 9.18 Å². The van der Waals surface area contributed by atoms with Gasteiger partial charge in [-0.3, -0.25) is 9.78 Å². The van der Waals surface area contributed by atoms with E-state index < -0.39 is 5.91 Å². The van der Waals surface area contributed by atoms with E-state index >= 15 is 0 Å². The van der Waals surface area contributed by atoms with Crippen LogP contribution in [0, 0.1) is 5.82 Å². The molecule has 1 N–H and O–H groups in total. The Balaban J connectivity index is 1.78. The zero-order chi connectivity index (χ0) is 14.7. The lowest BCUT2D eigenvalue weighted by Gasteiger charge is -2.00. The van der Waals surface area contributed by atoms with E-state index in [-0.39, 0.29) is 11.6 Å². The van der Waals surface area contributed by atoms with Crippen LogP contribution in [0.25, 0.3) is 11.3 Å². The van der Waals surface area contributed by atoms with Crippen LogP contribution < -0.4 is 5.32 Å². The van der Waals surface area contributed by atoms with Gasteiger partial charge in [0.1, 0.15) is 11.5 Å². The number of rotatable bonds is 3. The summed E-state index contributed by atoms with van der Waals surface area (Å²) < 4.78 is 17.9. The fraction of sp³-hybridized carbons (Fsp3) is 0. The van der Waals surface area contributed by atoms with Gasteiger partial charge in [0.2, 0.25) is 5.76 Å². The van der Waals surface area contributed by atoms with Crippen molar-refractivity contribution in [2.24, 2.45) is 0 Å². The maximum atomic E-state index is 12.9. The second-order valence-corrected chi connectivity index (χ2v) is 4.28. The van der Waals surface area contributed by atoms with E-state index in [0.29, 0.717) is 16.9 Å². The minimum atomic E-state index is -0.427. The number of anilines is 1. The van der Waals surface area contributed by atoms with Crippen LogP contribution in [0.3, 0.4) is 0 Å². The highest BCUT2D eigenvalue weighted by Gasteiger charge is 2.14. The zero-order valence-corrected chi connectivity index (χ0v) is 10.8. The number of hydrogen-bond donors (Lipinski definition) is 1. The lowest BCUT2D eigenvalue weighted by atomic mass is 10.1. The van der Waals surface area contributed by atoms with Gasteiger partial charge < -0.3 is 9.84 Å². The van der Waals surface area contributed by atoms with Crippen molar-refractivity contribution in [2.45, 2.75) is 0 Å². The highest BCUT2D eigenvalue weighted by Crippen LogP contribution is 2.20. The number of halogens is 1. The molecule has 3 aromatic rings. The topological polar surface area (TPSA) is 68.0 Å². The van der Waals surface area contributed by atoms with E-state index in [4.69, 9.17) is 4.52 Å². The number of hydrogen-bond acceptors (Lipinski definition) is 4. The van der Waals surface area contributed by atoms with Crippen molar-refractivity contribution in [3.8, 4) is 11.3 Å². The SMILES string of the molecule is O=C(Nc1cccnc1)c1cc(-c2ccc(F)cc2)no1. The van der Waals surface area contributed by atoms with E-state index in [2.05, 4.69) is 15.5 Å². The number of nitrogens with zero attached hydrogens (tertiary/aromatic N) is 2. The third-order valence-electron chi connectivity index (χ3n) is 2.79. The maximum Gasteiger partial charge on any atom is 0.294 e. The largest absolute Gasteiger partial charge is 0.350 e. The molecule has 2 heterocycles. The van der Waals surface area contributed by atoms with Crippen molar-refractivity contribution >= 4 is 11.6 Å². The van der Waals surface area contributed by atoms with Crippen LogP contribution >= 0.6 is 0 Å². The Bertz CT molecular complexity index is 754. The van der Waals surface area contributed by atoms with Gasteiger partial charge >= 0.3 is 0 Å². The third kappa shape index (κ3) is 2.94. The van der Waals surface area contributed by atoms with E-state index in [0.717, 1.165) is 0 Å². The lowest BCUT2D eigenvalue weighted by Crippen LogP contribution is -2.10. The summed E-state index contributed by atoms with van der Waals surface area (Å²) in [4.78, 5) is 15.9. The van der Waals surface area contributed by atoms with Crippen LogP contribution in [0.1, 0.15) is 10.6 Å².